The summed E-state index contributed by atoms with van der Waals surface area (Å²) in [6.45, 7) is 0.795. The Hall–Kier alpha value is -1.28. The van der Waals surface area contributed by atoms with Crippen molar-refractivity contribution in [2.75, 3.05) is 5.32 Å². The maximum Gasteiger partial charge on any atom is 0.0407 e. The van der Waals surface area contributed by atoms with E-state index in [9.17, 15) is 0 Å². The first-order chi connectivity index (χ1) is 7.34. The molecule has 0 amide bonds. The Bertz CT molecular complexity index is 426. The van der Waals surface area contributed by atoms with Crippen molar-refractivity contribution in [2.45, 2.75) is 6.54 Å². The van der Waals surface area contributed by atoms with Crippen molar-refractivity contribution >= 4 is 21.6 Å². The number of para-hydroxylation sites is 1. The van der Waals surface area contributed by atoms with Crippen LogP contribution in [0, 0.1) is 6.07 Å². The Balaban J connectivity index is 1.99. The van der Waals surface area contributed by atoms with Crippen molar-refractivity contribution in [2.24, 2.45) is 0 Å². The number of benzene rings is 2. The summed E-state index contributed by atoms with van der Waals surface area (Å²) in [5.41, 5.74) is 2.28. The molecule has 0 unspecified atom stereocenters. The van der Waals surface area contributed by atoms with Gasteiger partial charge in [0.05, 0.1) is 0 Å². The zero-order valence-corrected chi connectivity index (χ0v) is 9.79. The highest BCUT2D eigenvalue weighted by molar-refractivity contribution is 9.10. The van der Waals surface area contributed by atoms with Gasteiger partial charge in [-0.1, -0.05) is 40.2 Å². The summed E-state index contributed by atoms with van der Waals surface area (Å²) < 4.78 is 1.09. The molecule has 0 saturated heterocycles. The number of nitrogens with one attached hydrogen (secondary N) is 1. The Labute approximate surface area is 98.3 Å². The molecule has 2 heteroatoms. The molecule has 0 heterocycles. The minimum absolute atomic E-state index is 0.795. The average molecular weight is 261 g/mol. The number of halogens is 1. The molecule has 2 aromatic carbocycles. The quantitative estimate of drug-likeness (QED) is 0.884. The van der Waals surface area contributed by atoms with Gasteiger partial charge >= 0.3 is 0 Å². The van der Waals surface area contributed by atoms with Crippen LogP contribution in [0.3, 0.4) is 0 Å². The fraction of sp³-hybridized carbons (Fsp3) is 0.0769. The van der Waals surface area contributed by atoms with Gasteiger partial charge in [0.2, 0.25) is 0 Å². The summed E-state index contributed by atoms with van der Waals surface area (Å²) in [6, 6.07) is 19.3. The van der Waals surface area contributed by atoms with E-state index < -0.39 is 0 Å². The lowest BCUT2D eigenvalue weighted by atomic mass is 10.2. The highest BCUT2D eigenvalue weighted by Gasteiger charge is 1.94. The van der Waals surface area contributed by atoms with Gasteiger partial charge in [0, 0.05) is 16.7 Å². The van der Waals surface area contributed by atoms with Crippen molar-refractivity contribution in [1.82, 2.24) is 0 Å². The average Bonchev–Trinajstić information content (AvgIpc) is 2.28. The van der Waals surface area contributed by atoms with Crippen molar-refractivity contribution in [3.05, 3.63) is 64.6 Å². The van der Waals surface area contributed by atoms with Gasteiger partial charge in [-0.05, 0) is 35.9 Å². The minimum Gasteiger partial charge on any atom is -0.381 e. The maximum absolute atomic E-state index is 3.44. The van der Waals surface area contributed by atoms with E-state index in [0.29, 0.717) is 0 Å². The molecule has 15 heavy (non-hydrogen) atoms. The first-order valence-corrected chi connectivity index (χ1v) is 5.59. The molecule has 0 aromatic heterocycles. The summed E-state index contributed by atoms with van der Waals surface area (Å²) in [5.74, 6) is 0. The maximum atomic E-state index is 3.44. The van der Waals surface area contributed by atoms with Crippen LogP contribution in [0.1, 0.15) is 5.56 Å². The van der Waals surface area contributed by atoms with Gasteiger partial charge in [-0.15, -0.1) is 0 Å². The third kappa shape index (κ3) is 3.10. The fourth-order valence-corrected chi connectivity index (χ4v) is 1.75. The van der Waals surface area contributed by atoms with E-state index in [1.165, 1.54) is 0 Å². The zero-order valence-electron chi connectivity index (χ0n) is 8.20. The molecule has 0 bridgehead atoms. The Morgan fingerprint density at radius 3 is 2.67 bits per heavy atom. The Morgan fingerprint density at radius 1 is 1.13 bits per heavy atom. The summed E-state index contributed by atoms with van der Waals surface area (Å²) in [4.78, 5) is 0. The highest BCUT2D eigenvalue weighted by Crippen LogP contribution is 2.13. The normalized spacial score (nSPS) is 9.93. The Morgan fingerprint density at radius 2 is 1.93 bits per heavy atom. The molecule has 0 atom stereocenters. The SMILES string of the molecule is Brc1cc[c]c(CNc2ccccc2)c1. The minimum atomic E-state index is 0.795. The summed E-state index contributed by atoms with van der Waals surface area (Å²) >= 11 is 3.44. The third-order valence-corrected chi connectivity index (χ3v) is 2.57. The van der Waals surface area contributed by atoms with Gasteiger partial charge in [0.1, 0.15) is 0 Å². The molecule has 75 valence electrons. The summed E-state index contributed by atoms with van der Waals surface area (Å²) in [6.07, 6.45) is 0. The molecule has 0 aliphatic carbocycles. The van der Waals surface area contributed by atoms with E-state index in [0.717, 1.165) is 22.3 Å². The molecule has 0 saturated carbocycles. The van der Waals surface area contributed by atoms with Crippen LogP contribution in [0.4, 0.5) is 5.69 Å². The molecule has 0 aliphatic rings. The van der Waals surface area contributed by atoms with Crippen molar-refractivity contribution in [1.29, 1.82) is 0 Å². The Kier molecular flexibility index (Phi) is 3.41. The fourth-order valence-electron chi connectivity index (χ4n) is 1.34. The molecule has 2 rings (SSSR count). The predicted octanol–water partition coefficient (Wildman–Crippen LogP) is 3.86. The highest BCUT2D eigenvalue weighted by atomic mass is 79.9. The van der Waals surface area contributed by atoms with Crippen LogP contribution in [0.5, 0.6) is 0 Å². The zero-order chi connectivity index (χ0) is 10.5. The van der Waals surface area contributed by atoms with Crippen LogP contribution >= 0.6 is 15.9 Å². The van der Waals surface area contributed by atoms with E-state index >= 15 is 0 Å². The van der Waals surface area contributed by atoms with E-state index in [2.05, 4.69) is 45.5 Å². The van der Waals surface area contributed by atoms with Gasteiger partial charge in [-0.25, -0.2) is 0 Å². The lowest BCUT2D eigenvalue weighted by Crippen LogP contribution is -1.98. The van der Waals surface area contributed by atoms with E-state index in [4.69, 9.17) is 0 Å². The standard InChI is InChI=1S/C13H11BrN/c14-12-6-4-5-11(9-12)10-15-13-7-2-1-3-8-13/h1-4,6-9,15H,10H2. The smallest absolute Gasteiger partial charge is 0.0407 e. The van der Waals surface area contributed by atoms with Gasteiger partial charge in [0.15, 0.2) is 0 Å². The van der Waals surface area contributed by atoms with Gasteiger partial charge in [-0.3, -0.25) is 0 Å². The number of hydrogen-bond donors (Lipinski definition) is 1. The van der Waals surface area contributed by atoms with Gasteiger partial charge in [0.25, 0.3) is 0 Å². The molecule has 1 nitrogen and oxygen atoms in total. The second kappa shape index (κ2) is 4.99. The van der Waals surface area contributed by atoms with E-state index in [-0.39, 0.29) is 0 Å². The largest absolute Gasteiger partial charge is 0.381 e. The van der Waals surface area contributed by atoms with Crippen molar-refractivity contribution in [3.8, 4) is 0 Å². The number of hydrogen-bond acceptors (Lipinski definition) is 1. The molecule has 1 radical (unpaired) electrons. The molecule has 2 aromatic rings. The molecular formula is C13H11BrN. The molecular weight excluding hydrogens is 250 g/mol. The van der Waals surface area contributed by atoms with Crippen LogP contribution in [-0.2, 0) is 6.54 Å². The first kappa shape index (κ1) is 10.2. The van der Waals surface area contributed by atoms with E-state index in [1.807, 2.05) is 30.3 Å². The van der Waals surface area contributed by atoms with Gasteiger partial charge < -0.3 is 5.32 Å². The lowest BCUT2D eigenvalue weighted by molar-refractivity contribution is 1.14. The molecule has 0 aliphatic heterocycles. The van der Waals surface area contributed by atoms with Crippen LogP contribution in [-0.4, -0.2) is 0 Å². The van der Waals surface area contributed by atoms with Crippen LogP contribution in [0.15, 0.2) is 53.0 Å². The second-order valence-electron chi connectivity index (χ2n) is 3.25. The van der Waals surface area contributed by atoms with Crippen LogP contribution in [0.25, 0.3) is 0 Å². The number of anilines is 1. The third-order valence-electron chi connectivity index (χ3n) is 2.08. The van der Waals surface area contributed by atoms with E-state index in [1.54, 1.807) is 0 Å². The van der Waals surface area contributed by atoms with Crippen molar-refractivity contribution in [3.63, 3.8) is 0 Å². The predicted molar refractivity (Wildman–Crippen MR) is 66.7 cm³/mol. The number of rotatable bonds is 3. The van der Waals surface area contributed by atoms with Crippen molar-refractivity contribution < 1.29 is 0 Å². The molecule has 0 spiro atoms. The van der Waals surface area contributed by atoms with Gasteiger partial charge in [-0.2, -0.15) is 0 Å². The summed E-state index contributed by atoms with van der Waals surface area (Å²) in [5, 5.41) is 3.34. The monoisotopic (exact) mass is 260 g/mol. The first-order valence-electron chi connectivity index (χ1n) is 4.79. The van der Waals surface area contributed by atoms with Crippen LogP contribution in [0.2, 0.25) is 0 Å². The van der Waals surface area contributed by atoms with Crippen LogP contribution < -0.4 is 5.32 Å². The topological polar surface area (TPSA) is 12.0 Å². The molecule has 1 N–H and O–H groups in total. The molecule has 0 fully saturated rings. The second-order valence-corrected chi connectivity index (χ2v) is 4.17. The summed E-state index contributed by atoms with van der Waals surface area (Å²) in [7, 11) is 0. The lowest BCUT2D eigenvalue weighted by Gasteiger charge is -2.05.